The van der Waals surface area contributed by atoms with Gasteiger partial charge in [0.15, 0.2) is 10.3 Å². The summed E-state index contributed by atoms with van der Waals surface area (Å²) < 4.78 is 5.25. The van der Waals surface area contributed by atoms with Crippen LogP contribution in [0.15, 0.2) is 46.9 Å². The molecule has 1 amide bonds. The van der Waals surface area contributed by atoms with Crippen LogP contribution in [0.25, 0.3) is 21.5 Å². The summed E-state index contributed by atoms with van der Waals surface area (Å²) in [5.41, 5.74) is 2.85. The van der Waals surface area contributed by atoms with Crippen molar-refractivity contribution in [3.63, 3.8) is 0 Å². The molecule has 7 nitrogen and oxygen atoms in total. The highest BCUT2D eigenvalue weighted by Crippen LogP contribution is 2.35. The maximum atomic E-state index is 13.2. The van der Waals surface area contributed by atoms with Crippen molar-refractivity contribution in [2.45, 2.75) is 37.8 Å². The maximum absolute atomic E-state index is 13.2. The number of thiophene rings is 1. The first-order valence-corrected chi connectivity index (χ1v) is 14.3. The lowest BCUT2D eigenvalue weighted by Gasteiger charge is -2.17. The fourth-order valence-electron chi connectivity index (χ4n) is 4.35. The number of ether oxygens (including phenoxy) is 1. The van der Waals surface area contributed by atoms with Gasteiger partial charge in [0.2, 0.25) is 5.91 Å². The number of thiazole rings is 1. The molecule has 1 aliphatic rings. The minimum absolute atomic E-state index is 0.114. The summed E-state index contributed by atoms with van der Waals surface area (Å²) in [6, 6.07) is 7.71. The number of carbonyl (C=O) groups is 1. The quantitative estimate of drug-likeness (QED) is 0.178. The van der Waals surface area contributed by atoms with Crippen LogP contribution in [-0.2, 0) is 17.6 Å². The van der Waals surface area contributed by atoms with Crippen molar-refractivity contribution >= 4 is 55.7 Å². The van der Waals surface area contributed by atoms with Crippen LogP contribution in [0.4, 0.5) is 5.13 Å². The zero-order valence-electron chi connectivity index (χ0n) is 20.1. The Balaban J connectivity index is 1.35. The molecule has 0 saturated carbocycles. The largest absolute Gasteiger partial charge is 0.497 e. The number of hydrogen-bond donors (Lipinski definition) is 1. The number of aryl methyl sites for hydroxylation is 3. The Hall–Kier alpha value is -2.95. The van der Waals surface area contributed by atoms with Crippen molar-refractivity contribution in [1.82, 2.24) is 15.0 Å². The molecule has 10 heteroatoms. The van der Waals surface area contributed by atoms with Gasteiger partial charge in [-0.25, -0.2) is 9.97 Å². The average molecular weight is 539 g/mol. The molecule has 0 saturated heterocycles. The number of benzene rings is 1. The number of amides is 1. The molecule has 0 atom stereocenters. The van der Waals surface area contributed by atoms with E-state index >= 15 is 0 Å². The third kappa shape index (κ3) is 4.85. The average Bonchev–Trinajstić information content (AvgIpc) is 3.46. The highest BCUT2D eigenvalue weighted by Gasteiger charge is 2.23. The Morgan fingerprint density at radius 2 is 2.00 bits per heavy atom. The molecule has 3 aromatic heterocycles. The summed E-state index contributed by atoms with van der Waals surface area (Å²) in [5.74, 6) is 0.784. The second-order valence-corrected chi connectivity index (χ2v) is 11.7. The van der Waals surface area contributed by atoms with Crippen LogP contribution in [0, 0.1) is 6.92 Å². The molecule has 5 rings (SSSR count). The van der Waals surface area contributed by atoms with E-state index in [1.54, 1.807) is 29.4 Å². The van der Waals surface area contributed by atoms with E-state index in [1.165, 1.54) is 28.0 Å². The Bertz CT molecular complexity index is 1490. The van der Waals surface area contributed by atoms with Gasteiger partial charge in [-0.3, -0.25) is 14.5 Å². The normalized spacial score (nSPS) is 12.9. The van der Waals surface area contributed by atoms with Crippen LogP contribution in [0.5, 0.6) is 5.75 Å². The first-order chi connectivity index (χ1) is 17.5. The number of aromatic nitrogens is 3. The minimum atomic E-state index is -0.122. The first kappa shape index (κ1) is 24.7. The SMILES string of the molecule is C=CCN(C(=O)CSc1nc2sc3c(c2c(=O)[nH]1)CCCC3)c1nc(-c2ccc(OC)cc2)c(C)s1. The molecule has 0 unspecified atom stereocenters. The van der Waals surface area contributed by atoms with Gasteiger partial charge < -0.3 is 9.72 Å². The van der Waals surface area contributed by atoms with Crippen molar-refractivity contribution in [2.24, 2.45) is 0 Å². The second-order valence-electron chi connectivity index (χ2n) is 8.47. The molecule has 0 spiro atoms. The standard InChI is InChI=1S/C26H26N4O3S3/c1-4-13-30(26-27-22(15(2)35-26)16-9-11-17(33-3)12-10-16)20(31)14-34-25-28-23(32)21-18-7-5-6-8-19(18)36-24(21)29-25/h4,9-12H,1,5-8,13-14H2,2-3H3,(H,28,29,32). The summed E-state index contributed by atoms with van der Waals surface area (Å²) in [6.07, 6.45) is 5.91. The molecular formula is C26H26N4O3S3. The number of nitrogens with zero attached hydrogens (tertiary/aromatic N) is 3. The van der Waals surface area contributed by atoms with E-state index in [2.05, 4.69) is 16.5 Å². The number of methoxy groups -OCH3 is 1. The molecular weight excluding hydrogens is 513 g/mol. The van der Waals surface area contributed by atoms with Crippen LogP contribution in [-0.4, -0.2) is 40.3 Å². The molecule has 0 aliphatic heterocycles. The second kappa shape index (κ2) is 10.6. The van der Waals surface area contributed by atoms with E-state index in [4.69, 9.17) is 9.72 Å². The molecule has 1 aromatic carbocycles. The Morgan fingerprint density at radius 3 is 2.75 bits per heavy atom. The Kier molecular flexibility index (Phi) is 7.27. The molecule has 4 aromatic rings. The van der Waals surface area contributed by atoms with Crippen LogP contribution in [0.1, 0.15) is 28.2 Å². The molecule has 36 heavy (non-hydrogen) atoms. The van der Waals surface area contributed by atoms with Gasteiger partial charge in [0.25, 0.3) is 5.56 Å². The Morgan fingerprint density at radius 1 is 1.22 bits per heavy atom. The van der Waals surface area contributed by atoms with Gasteiger partial charge in [0.05, 0.1) is 23.9 Å². The highest BCUT2D eigenvalue weighted by molar-refractivity contribution is 7.99. The third-order valence-corrected chi connectivity index (χ3v) is 9.17. The lowest BCUT2D eigenvalue weighted by atomic mass is 9.97. The summed E-state index contributed by atoms with van der Waals surface area (Å²) in [5, 5.41) is 1.81. The minimum Gasteiger partial charge on any atom is -0.497 e. The van der Waals surface area contributed by atoms with Crippen LogP contribution in [0.2, 0.25) is 0 Å². The number of rotatable bonds is 8. The van der Waals surface area contributed by atoms with E-state index in [0.717, 1.165) is 63.3 Å². The molecule has 0 radical (unpaired) electrons. The molecule has 186 valence electrons. The van der Waals surface area contributed by atoms with Crippen LogP contribution in [0.3, 0.4) is 0 Å². The number of hydrogen-bond acceptors (Lipinski definition) is 8. The monoisotopic (exact) mass is 538 g/mol. The smallest absolute Gasteiger partial charge is 0.260 e. The van der Waals surface area contributed by atoms with Crippen molar-refractivity contribution in [1.29, 1.82) is 0 Å². The van der Waals surface area contributed by atoms with Gasteiger partial charge in [-0.15, -0.1) is 29.3 Å². The maximum Gasteiger partial charge on any atom is 0.260 e. The topological polar surface area (TPSA) is 88.2 Å². The van der Waals surface area contributed by atoms with Gasteiger partial charge in [0, 0.05) is 21.9 Å². The molecule has 1 N–H and O–H groups in total. The Labute approximate surface area is 221 Å². The number of fused-ring (bicyclic) bond motifs is 3. The molecule has 1 aliphatic carbocycles. The lowest BCUT2D eigenvalue weighted by molar-refractivity contribution is -0.116. The van der Waals surface area contributed by atoms with Gasteiger partial charge in [0.1, 0.15) is 10.6 Å². The van der Waals surface area contributed by atoms with Crippen molar-refractivity contribution < 1.29 is 9.53 Å². The number of thioether (sulfide) groups is 1. The number of anilines is 1. The predicted octanol–water partition coefficient (Wildman–Crippen LogP) is 5.62. The summed E-state index contributed by atoms with van der Waals surface area (Å²) in [4.78, 5) is 43.1. The van der Waals surface area contributed by atoms with E-state index in [-0.39, 0.29) is 17.2 Å². The summed E-state index contributed by atoms with van der Waals surface area (Å²) >= 11 is 4.32. The van der Waals surface area contributed by atoms with E-state index < -0.39 is 0 Å². The lowest BCUT2D eigenvalue weighted by Crippen LogP contribution is -2.32. The summed E-state index contributed by atoms with van der Waals surface area (Å²) in [7, 11) is 1.63. The van der Waals surface area contributed by atoms with Gasteiger partial charge in [-0.1, -0.05) is 17.8 Å². The van der Waals surface area contributed by atoms with Crippen molar-refractivity contribution in [3.8, 4) is 17.0 Å². The molecule has 0 bridgehead atoms. The van der Waals surface area contributed by atoms with Crippen LogP contribution >= 0.6 is 34.4 Å². The fraction of sp³-hybridized carbons (Fsp3) is 0.308. The van der Waals surface area contributed by atoms with E-state index in [1.807, 2.05) is 31.2 Å². The number of H-pyrrole nitrogens is 1. The van der Waals surface area contributed by atoms with Crippen molar-refractivity contribution in [3.05, 3.63) is 62.6 Å². The predicted molar refractivity (Wildman–Crippen MR) is 149 cm³/mol. The first-order valence-electron chi connectivity index (χ1n) is 11.7. The number of aromatic amines is 1. The fourth-order valence-corrected chi connectivity index (χ4v) is 7.36. The zero-order valence-corrected chi connectivity index (χ0v) is 22.6. The molecule has 0 fully saturated rings. The highest BCUT2D eigenvalue weighted by atomic mass is 32.2. The number of nitrogens with one attached hydrogen (secondary N) is 1. The van der Waals surface area contributed by atoms with Gasteiger partial charge >= 0.3 is 0 Å². The number of carbonyl (C=O) groups excluding carboxylic acids is 1. The van der Waals surface area contributed by atoms with E-state index in [0.29, 0.717) is 16.8 Å². The van der Waals surface area contributed by atoms with Gasteiger partial charge in [-0.05, 0) is 62.4 Å². The zero-order chi connectivity index (χ0) is 25.2. The van der Waals surface area contributed by atoms with E-state index in [9.17, 15) is 9.59 Å². The van der Waals surface area contributed by atoms with Crippen molar-refractivity contribution in [2.75, 3.05) is 24.3 Å². The third-order valence-electron chi connectivity index (χ3n) is 6.13. The van der Waals surface area contributed by atoms with Gasteiger partial charge in [-0.2, -0.15) is 0 Å². The van der Waals surface area contributed by atoms with Crippen LogP contribution < -0.4 is 15.2 Å². The summed E-state index contributed by atoms with van der Waals surface area (Å²) in [6.45, 7) is 6.15. The molecule has 3 heterocycles.